The monoisotopic (exact) mass is 418 g/mol. The highest BCUT2D eigenvalue weighted by molar-refractivity contribution is 7.18. The third-order valence-electron chi connectivity index (χ3n) is 5.24. The molecule has 4 amide bonds. The number of esters is 1. The first-order valence-electron chi connectivity index (χ1n) is 9.47. The number of ether oxygens (including phenoxy) is 1. The summed E-state index contributed by atoms with van der Waals surface area (Å²) < 4.78 is 4.97. The van der Waals surface area contributed by atoms with Gasteiger partial charge in [0.1, 0.15) is 21.5 Å². The molecule has 1 spiro atoms. The Balaban J connectivity index is 1.65. The van der Waals surface area contributed by atoms with Crippen molar-refractivity contribution in [3.63, 3.8) is 0 Å². The molecule has 29 heavy (non-hydrogen) atoms. The molecule has 2 fully saturated rings. The fourth-order valence-corrected chi connectivity index (χ4v) is 4.79. The molecule has 0 aromatic carbocycles. The van der Waals surface area contributed by atoms with Gasteiger partial charge >= 0.3 is 12.0 Å². The predicted octanol–water partition coefficient (Wildman–Crippen LogP) is 2.30. The Bertz CT molecular complexity index is 910. The molecule has 9 nitrogen and oxygen atoms in total. The number of amides is 4. The number of hydrogen-bond acceptors (Lipinski definition) is 7. The van der Waals surface area contributed by atoms with Crippen molar-refractivity contribution in [2.75, 3.05) is 18.5 Å². The number of imide groups is 1. The molecule has 3 rings (SSSR count). The van der Waals surface area contributed by atoms with E-state index in [1.54, 1.807) is 13.8 Å². The van der Waals surface area contributed by atoms with E-state index >= 15 is 0 Å². The number of rotatable bonds is 6. The second-order valence-electron chi connectivity index (χ2n) is 7.07. The quantitative estimate of drug-likeness (QED) is 0.539. The number of carbonyl (C=O) groups excluding carboxylic acids is 4. The Morgan fingerprint density at radius 3 is 2.66 bits per heavy atom. The molecule has 1 aromatic rings. The largest absolute Gasteiger partial charge is 0.462 e. The summed E-state index contributed by atoms with van der Waals surface area (Å²) in [5.74, 6) is -1.28. The van der Waals surface area contributed by atoms with Crippen molar-refractivity contribution in [3.05, 3.63) is 16.0 Å². The molecule has 1 aliphatic carbocycles. The van der Waals surface area contributed by atoms with Gasteiger partial charge in [-0.3, -0.25) is 14.5 Å². The van der Waals surface area contributed by atoms with E-state index in [0.717, 1.165) is 29.1 Å². The van der Waals surface area contributed by atoms with Crippen LogP contribution in [0.5, 0.6) is 0 Å². The molecule has 1 aliphatic heterocycles. The molecular formula is C19H22N4O5S. The van der Waals surface area contributed by atoms with E-state index in [9.17, 15) is 24.4 Å². The van der Waals surface area contributed by atoms with Gasteiger partial charge in [0.25, 0.3) is 5.91 Å². The maximum absolute atomic E-state index is 12.6. The van der Waals surface area contributed by atoms with Crippen molar-refractivity contribution in [2.45, 2.75) is 51.5 Å². The SMILES string of the molecule is CCOC(=O)c1sc(NC(=O)CCN2C(=O)NC3(CCCC3)C2=O)c(C#N)c1C. The molecule has 1 aromatic heterocycles. The van der Waals surface area contributed by atoms with E-state index in [1.807, 2.05) is 6.07 Å². The van der Waals surface area contributed by atoms with Crippen molar-refractivity contribution in [1.29, 1.82) is 5.26 Å². The number of nitriles is 1. The number of nitrogens with zero attached hydrogens (tertiary/aromatic N) is 2. The van der Waals surface area contributed by atoms with E-state index in [-0.39, 0.29) is 40.9 Å². The third-order valence-corrected chi connectivity index (χ3v) is 6.43. The first-order valence-corrected chi connectivity index (χ1v) is 10.3. The first-order chi connectivity index (χ1) is 13.8. The van der Waals surface area contributed by atoms with Crippen LogP contribution < -0.4 is 10.6 Å². The normalized spacial score (nSPS) is 17.3. The van der Waals surface area contributed by atoms with Crippen LogP contribution in [0.3, 0.4) is 0 Å². The lowest BCUT2D eigenvalue weighted by Gasteiger charge is -2.19. The fourth-order valence-electron chi connectivity index (χ4n) is 3.73. The minimum atomic E-state index is -0.805. The van der Waals surface area contributed by atoms with Crippen LogP contribution in [-0.2, 0) is 14.3 Å². The smallest absolute Gasteiger partial charge is 0.348 e. The number of hydrogen-bond donors (Lipinski definition) is 2. The lowest BCUT2D eigenvalue weighted by atomic mass is 9.98. The summed E-state index contributed by atoms with van der Waals surface area (Å²) in [5.41, 5.74) is -0.157. The Kier molecular flexibility index (Phi) is 5.88. The zero-order valence-electron chi connectivity index (χ0n) is 16.3. The molecule has 2 heterocycles. The van der Waals surface area contributed by atoms with Gasteiger partial charge in [0.2, 0.25) is 5.91 Å². The van der Waals surface area contributed by atoms with Gasteiger partial charge in [-0.15, -0.1) is 11.3 Å². The van der Waals surface area contributed by atoms with Crippen molar-refractivity contribution in [3.8, 4) is 6.07 Å². The van der Waals surface area contributed by atoms with Crippen LogP contribution in [0.2, 0.25) is 0 Å². The molecule has 1 saturated heterocycles. The summed E-state index contributed by atoms with van der Waals surface area (Å²) in [6.45, 7) is 3.45. The molecular weight excluding hydrogens is 396 g/mol. The van der Waals surface area contributed by atoms with Crippen LogP contribution in [0.1, 0.15) is 59.8 Å². The molecule has 1 saturated carbocycles. The summed E-state index contributed by atoms with van der Waals surface area (Å²) in [5, 5.41) is 15.0. The predicted molar refractivity (Wildman–Crippen MR) is 104 cm³/mol. The Hall–Kier alpha value is -2.93. The number of carbonyl (C=O) groups is 4. The average Bonchev–Trinajstić information content (AvgIpc) is 3.33. The van der Waals surface area contributed by atoms with Crippen molar-refractivity contribution < 1.29 is 23.9 Å². The molecule has 10 heteroatoms. The van der Waals surface area contributed by atoms with E-state index in [2.05, 4.69) is 10.6 Å². The summed E-state index contributed by atoms with van der Waals surface area (Å²) in [7, 11) is 0. The highest BCUT2D eigenvalue weighted by atomic mass is 32.1. The standard InChI is InChI=1S/C19H22N4O5S/c1-3-28-16(25)14-11(2)12(10-20)15(29-14)21-13(24)6-9-23-17(26)19(22-18(23)27)7-4-5-8-19/h3-9H2,1-2H3,(H,21,24)(H,22,27). The molecule has 2 N–H and O–H groups in total. The average molecular weight is 418 g/mol. The topological polar surface area (TPSA) is 129 Å². The van der Waals surface area contributed by atoms with Gasteiger partial charge in [-0.2, -0.15) is 5.26 Å². The molecule has 2 aliphatic rings. The Labute approximate surface area is 172 Å². The van der Waals surface area contributed by atoms with Crippen molar-refractivity contribution in [1.82, 2.24) is 10.2 Å². The van der Waals surface area contributed by atoms with Gasteiger partial charge in [-0.1, -0.05) is 12.8 Å². The van der Waals surface area contributed by atoms with Gasteiger partial charge in [-0.25, -0.2) is 9.59 Å². The van der Waals surface area contributed by atoms with Crippen LogP contribution in [-0.4, -0.2) is 47.4 Å². The molecule has 0 bridgehead atoms. The maximum Gasteiger partial charge on any atom is 0.348 e. The first kappa shape index (κ1) is 20.8. The van der Waals surface area contributed by atoms with Crippen LogP contribution in [0.4, 0.5) is 9.80 Å². The maximum atomic E-state index is 12.6. The summed E-state index contributed by atoms with van der Waals surface area (Å²) in [6.07, 6.45) is 2.91. The highest BCUT2D eigenvalue weighted by Gasteiger charge is 2.52. The number of anilines is 1. The molecule has 0 radical (unpaired) electrons. The van der Waals surface area contributed by atoms with Gasteiger partial charge in [0, 0.05) is 13.0 Å². The second kappa shape index (κ2) is 8.21. The van der Waals surface area contributed by atoms with Crippen molar-refractivity contribution >= 4 is 40.2 Å². The van der Waals surface area contributed by atoms with Gasteiger partial charge in [-0.05, 0) is 32.3 Å². The summed E-state index contributed by atoms with van der Waals surface area (Å²) in [4.78, 5) is 50.5. The minimum Gasteiger partial charge on any atom is -0.462 e. The van der Waals surface area contributed by atoms with E-state index < -0.39 is 23.4 Å². The summed E-state index contributed by atoms with van der Waals surface area (Å²) in [6, 6.07) is 1.52. The molecule has 0 atom stereocenters. The van der Waals surface area contributed by atoms with Crippen LogP contribution in [0.25, 0.3) is 0 Å². The van der Waals surface area contributed by atoms with Gasteiger partial charge in [0.15, 0.2) is 0 Å². The van der Waals surface area contributed by atoms with Crippen LogP contribution in [0, 0.1) is 18.3 Å². The highest BCUT2D eigenvalue weighted by Crippen LogP contribution is 2.35. The number of nitrogens with one attached hydrogen (secondary N) is 2. The zero-order valence-corrected chi connectivity index (χ0v) is 17.1. The fraction of sp³-hybridized carbons (Fsp3) is 0.526. The van der Waals surface area contributed by atoms with Gasteiger partial charge in [0.05, 0.1) is 12.2 Å². The van der Waals surface area contributed by atoms with Gasteiger partial charge < -0.3 is 15.4 Å². The van der Waals surface area contributed by atoms with E-state index in [4.69, 9.17) is 4.74 Å². The lowest BCUT2D eigenvalue weighted by Crippen LogP contribution is -2.44. The Morgan fingerprint density at radius 2 is 2.03 bits per heavy atom. The lowest BCUT2D eigenvalue weighted by molar-refractivity contribution is -0.131. The number of thiophene rings is 1. The van der Waals surface area contributed by atoms with Crippen LogP contribution in [0.15, 0.2) is 0 Å². The van der Waals surface area contributed by atoms with Crippen LogP contribution >= 0.6 is 11.3 Å². The van der Waals surface area contributed by atoms with Crippen molar-refractivity contribution in [2.24, 2.45) is 0 Å². The minimum absolute atomic E-state index is 0.0464. The van der Waals surface area contributed by atoms with E-state index in [0.29, 0.717) is 18.4 Å². The number of urea groups is 1. The van der Waals surface area contributed by atoms with E-state index in [1.165, 1.54) is 0 Å². The summed E-state index contributed by atoms with van der Waals surface area (Å²) >= 11 is 0.973. The molecule has 154 valence electrons. The zero-order chi connectivity index (χ0) is 21.2. The molecule has 0 unspecified atom stereocenters. The third kappa shape index (κ3) is 3.82. The Morgan fingerprint density at radius 1 is 1.34 bits per heavy atom. The second-order valence-corrected chi connectivity index (χ2v) is 8.09.